The molecular formula is C63H115N5O4S4. The van der Waals surface area contributed by atoms with E-state index in [4.69, 9.17) is 4.74 Å². The van der Waals surface area contributed by atoms with Gasteiger partial charge >= 0.3 is 0 Å². The summed E-state index contributed by atoms with van der Waals surface area (Å²) >= 11 is 8.32. The molecule has 0 aromatic heterocycles. The van der Waals surface area contributed by atoms with Crippen molar-refractivity contribution in [3.8, 4) is 0 Å². The second kappa shape index (κ2) is 38.7. The van der Waals surface area contributed by atoms with Gasteiger partial charge in [-0.2, -0.15) is 47.0 Å². The summed E-state index contributed by atoms with van der Waals surface area (Å²) in [4.78, 5) is 54.2. The number of benzene rings is 1. The number of ether oxygens (including phenoxy) is 1. The summed E-state index contributed by atoms with van der Waals surface area (Å²) in [6.45, 7) is 24.9. The van der Waals surface area contributed by atoms with Gasteiger partial charge in [-0.1, -0.05) is 107 Å². The number of amides is 3. The normalized spacial score (nSPS) is 21.5. The third-order valence-corrected chi connectivity index (χ3v) is 22.2. The van der Waals surface area contributed by atoms with Crippen LogP contribution in [0.4, 0.5) is 11.4 Å². The van der Waals surface area contributed by atoms with E-state index in [1.165, 1.54) is 62.7 Å². The van der Waals surface area contributed by atoms with Crippen LogP contribution in [-0.4, -0.2) is 153 Å². The lowest BCUT2D eigenvalue weighted by atomic mass is 9.81. The first-order valence-electron chi connectivity index (χ1n) is 30.6. The van der Waals surface area contributed by atoms with E-state index >= 15 is 4.79 Å². The number of nitrogens with zero attached hydrogens (tertiary/aromatic N) is 5. The standard InChI is InChI=1S/C63H115N5O4S4/c1-16-23-51(17-2)60(76-41-37-66(14)15)27-22-25-50(45-74-40-36-65(12)13)43-58-56(19-4)62(70)68(63(58)71)55-32-30-54(31-33-55)67-46-72-44-53(34-38-73-39-35-64(10)11)57(61(67)69)42-48(8)24-21-26-59(75-20-5)52(18-3)29-28-49(9)47(6)7/h30-33,47-53,56-60H,16-29,34-46H2,1-15H3. The fraction of sp³-hybridized carbons (Fsp3) is 0.857. The Balaban J connectivity index is 1.81. The molecule has 0 saturated carbocycles. The van der Waals surface area contributed by atoms with Crippen LogP contribution in [0.2, 0.25) is 0 Å². The minimum atomic E-state index is -0.325. The van der Waals surface area contributed by atoms with Crippen LogP contribution in [-0.2, 0) is 19.1 Å². The highest BCUT2D eigenvalue weighted by atomic mass is 32.2. The highest BCUT2D eigenvalue weighted by Gasteiger charge is 2.48. The van der Waals surface area contributed by atoms with E-state index < -0.39 is 0 Å². The zero-order valence-corrected chi connectivity index (χ0v) is 54.6. The van der Waals surface area contributed by atoms with E-state index in [-0.39, 0.29) is 48.1 Å². The second-order valence-electron chi connectivity index (χ2n) is 24.3. The summed E-state index contributed by atoms with van der Waals surface area (Å²) in [7, 11) is 12.9. The molecule has 1 aromatic carbocycles. The molecule has 2 saturated heterocycles. The average Bonchev–Trinajstić information content (AvgIpc) is 3.51. The van der Waals surface area contributed by atoms with Crippen LogP contribution in [0.15, 0.2) is 24.3 Å². The zero-order valence-electron chi connectivity index (χ0n) is 51.3. The number of rotatable bonds is 42. The smallest absolute Gasteiger partial charge is 0.237 e. The molecule has 2 aliphatic rings. The molecule has 1 aromatic rings. The van der Waals surface area contributed by atoms with Crippen molar-refractivity contribution in [3.05, 3.63) is 24.3 Å². The van der Waals surface area contributed by atoms with Crippen LogP contribution in [0, 0.1) is 59.2 Å². The zero-order chi connectivity index (χ0) is 56.2. The molecule has 0 spiro atoms. The first kappa shape index (κ1) is 69.3. The molecule has 0 bridgehead atoms. The van der Waals surface area contributed by atoms with E-state index in [0.717, 1.165) is 122 Å². The number of hydrogen-bond donors (Lipinski definition) is 0. The lowest BCUT2D eigenvalue weighted by Crippen LogP contribution is -2.38. The van der Waals surface area contributed by atoms with Crippen molar-refractivity contribution in [1.82, 2.24) is 14.7 Å². The van der Waals surface area contributed by atoms with E-state index in [1.54, 1.807) is 0 Å². The molecule has 2 heterocycles. The van der Waals surface area contributed by atoms with Crippen LogP contribution in [0.1, 0.15) is 165 Å². The third-order valence-electron chi connectivity index (χ3n) is 17.1. The maximum atomic E-state index is 15.0. The Labute approximate surface area is 485 Å². The van der Waals surface area contributed by atoms with Crippen LogP contribution in [0.3, 0.4) is 0 Å². The van der Waals surface area contributed by atoms with Crippen molar-refractivity contribution >= 4 is 76.1 Å². The Morgan fingerprint density at radius 3 is 1.78 bits per heavy atom. The number of carbonyl (C=O) groups excluding carboxylic acids is 3. The maximum Gasteiger partial charge on any atom is 0.237 e. The van der Waals surface area contributed by atoms with Crippen molar-refractivity contribution in [1.29, 1.82) is 0 Å². The number of thioether (sulfide) groups is 4. The van der Waals surface area contributed by atoms with Gasteiger partial charge in [-0.25, -0.2) is 0 Å². The van der Waals surface area contributed by atoms with E-state index in [2.05, 4.69) is 143 Å². The van der Waals surface area contributed by atoms with Crippen LogP contribution in [0.25, 0.3) is 0 Å². The van der Waals surface area contributed by atoms with Gasteiger partial charge in [0.1, 0.15) is 6.73 Å². The molecule has 440 valence electrons. The average molecular weight is 1130 g/mol. The van der Waals surface area contributed by atoms with Crippen molar-refractivity contribution in [3.63, 3.8) is 0 Å². The van der Waals surface area contributed by atoms with E-state index in [1.807, 2.05) is 52.7 Å². The Bertz CT molecular complexity index is 1720. The predicted octanol–water partition coefficient (Wildman–Crippen LogP) is 14.8. The van der Waals surface area contributed by atoms with Crippen molar-refractivity contribution < 1.29 is 19.1 Å². The number of anilines is 2. The third kappa shape index (κ3) is 24.3. The molecule has 2 fully saturated rings. The topological polar surface area (TPSA) is 76.6 Å². The first-order valence-corrected chi connectivity index (χ1v) is 35.0. The van der Waals surface area contributed by atoms with Gasteiger partial charge in [0.2, 0.25) is 17.7 Å². The first-order chi connectivity index (χ1) is 36.4. The molecule has 9 nitrogen and oxygen atoms in total. The molecule has 76 heavy (non-hydrogen) atoms. The van der Waals surface area contributed by atoms with Crippen LogP contribution < -0.4 is 9.80 Å². The van der Waals surface area contributed by atoms with Gasteiger partial charge < -0.3 is 19.4 Å². The van der Waals surface area contributed by atoms with E-state index in [0.29, 0.717) is 41.1 Å². The molecule has 2 aliphatic heterocycles. The van der Waals surface area contributed by atoms with E-state index in [9.17, 15) is 9.59 Å². The SMILES string of the molecule is CCCC(CC)C(CCCC(CSCCN(C)C)CC1C(=O)N(c2ccc(N3COCC(CCSCCN(C)C)C(CC(C)CCCC(SCC)C(CC)CCC(C)C(C)C)C3=O)cc2)C(=O)C1CC)SCCN(C)C. The molecular weight excluding hydrogens is 1020 g/mol. The minimum Gasteiger partial charge on any atom is -0.360 e. The summed E-state index contributed by atoms with van der Waals surface area (Å²) < 4.78 is 6.43. The fourth-order valence-electron chi connectivity index (χ4n) is 11.7. The highest BCUT2D eigenvalue weighted by molar-refractivity contribution is 8.00. The van der Waals surface area contributed by atoms with Crippen molar-refractivity contribution in [2.24, 2.45) is 59.2 Å². The molecule has 13 heteroatoms. The van der Waals surface area contributed by atoms with Gasteiger partial charge in [0, 0.05) is 59.0 Å². The molecule has 11 unspecified atom stereocenters. The summed E-state index contributed by atoms with van der Waals surface area (Å²) in [5.74, 6) is 9.66. The molecule has 3 amide bonds. The van der Waals surface area contributed by atoms with Crippen molar-refractivity contribution in [2.75, 3.05) is 120 Å². The quantitative estimate of drug-likeness (QED) is 0.0464. The lowest BCUT2D eigenvalue weighted by molar-refractivity contribution is -0.124. The fourth-order valence-corrected chi connectivity index (χ4v) is 17.3. The molecule has 3 rings (SSSR count). The van der Waals surface area contributed by atoms with Gasteiger partial charge in [-0.3, -0.25) is 24.2 Å². The van der Waals surface area contributed by atoms with Gasteiger partial charge in [0.15, 0.2) is 0 Å². The number of carbonyl (C=O) groups is 3. The molecule has 0 aliphatic carbocycles. The Hall–Kier alpha value is -0.930. The van der Waals surface area contributed by atoms with Gasteiger partial charge in [0.05, 0.1) is 24.1 Å². The molecule has 0 radical (unpaired) electrons. The maximum absolute atomic E-state index is 15.0. The van der Waals surface area contributed by atoms with Gasteiger partial charge in [0.25, 0.3) is 0 Å². The predicted molar refractivity (Wildman–Crippen MR) is 340 cm³/mol. The lowest BCUT2D eigenvalue weighted by Gasteiger charge is -2.30. The summed E-state index contributed by atoms with van der Waals surface area (Å²) in [6, 6.07) is 7.69. The van der Waals surface area contributed by atoms with Gasteiger partial charge in [-0.05, 0) is 183 Å². The second-order valence-corrected chi connectivity index (χ2v) is 29.5. The van der Waals surface area contributed by atoms with Crippen LogP contribution >= 0.6 is 47.0 Å². The largest absolute Gasteiger partial charge is 0.360 e. The van der Waals surface area contributed by atoms with Gasteiger partial charge in [-0.15, -0.1) is 0 Å². The molecule has 11 atom stereocenters. The van der Waals surface area contributed by atoms with Crippen LogP contribution in [0.5, 0.6) is 0 Å². The Morgan fingerprint density at radius 2 is 1.18 bits per heavy atom. The number of hydrogen-bond acceptors (Lipinski definition) is 11. The Morgan fingerprint density at radius 1 is 0.605 bits per heavy atom. The monoisotopic (exact) mass is 1130 g/mol. The highest BCUT2D eigenvalue weighted by Crippen LogP contribution is 2.41. The van der Waals surface area contributed by atoms with Crippen molar-refractivity contribution in [2.45, 2.75) is 176 Å². The minimum absolute atomic E-state index is 0.0564. The molecule has 0 N–H and O–H groups in total. The summed E-state index contributed by atoms with van der Waals surface area (Å²) in [5, 5.41) is 1.35. The number of imide groups is 1. The summed E-state index contributed by atoms with van der Waals surface area (Å²) in [6.07, 6.45) is 17.9. The summed E-state index contributed by atoms with van der Waals surface area (Å²) in [5.41, 5.74) is 1.38. The Kier molecular flexibility index (Phi) is 35.3.